The molecule has 2 amide bonds. The molecule has 1 unspecified atom stereocenters. The predicted molar refractivity (Wildman–Crippen MR) is 88.1 cm³/mol. The van der Waals surface area contributed by atoms with Crippen LogP contribution in [0.25, 0.3) is 0 Å². The molecular formula is C14H18ClN3O2S. The van der Waals surface area contributed by atoms with Crippen molar-refractivity contribution in [1.29, 1.82) is 0 Å². The summed E-state index contributed by atoms with van der Waals surface area (Å²) in [6.07, 6.45) is 0.396. The number of hydrogen-bond acceptors (Lipinski definition) is 4. The molecule has 0 radical (unpaired) electrons. The van der Waals surface area contributed by atoms with Gasteiger partial charge in [0.25, 0.3) is 0 Å². The Bertz CT molecular complexity index is 533. The summed E-state index contributed by atoms with van der Waals surface area (Å²) in [4.78, 5) is 23.6. The molecule has 0 aromatic heterocycles. The zero-order valence-electron chi connectivity index (χ0n) is 11.7. The number of carbonyl (C=O) groups excluding carboxylic acids is 2. The quantitative estimate of drug-likeness (QED) is 0.794. The molecule has 7 heteroatoms. The summed E-state index contributed by atoms with van der Waals surface area (Å²) in [7, 11) is 0. The van der Waals surface area contributed by atoms with E-state index in [9.17, 15) is 9.59 Å². The monoisotopic (exact) mass is 327 g/mol. The maximum absolute atomic E-state index is 12.2. The Morgan fingerprint density at radius 3 is 2.90 bits per heavy atom. The zero-order chi connectivity index (χ0) is 15.2. The van der Waals surface area contributed by atoms with Gasteiger partial charge in [-0.3, -0.25) is 9.59 Å². The Morgan fingerprint density at radius 1 is 1.43 bits per heavy atom. The average Bonchev–Trinajstić information content (AvgIpc) is 2.51. The molecular weight excluding hydrogens is 310 g/mol. The molecule has 1 atom stereocenters. The highest BCUT2D eigenvalue weighted by atomic mass is 35.5. The Hall–Kier alpha value is -1.24. The molecule has 21 heavy (non-hydrogen) atoms. The van der Waals surface area contributed by atoms with Crippen LogP contribution in [0.15, 0.2) is 18.2 Å². The van der Waals surface area contributed by atoms with Crippen LogP contribution in [-0.4, -0.2) is 35.9 Å². The second kappa shape index (κ2) is 7.68. The molecule has 1 heterocycles. The lowest BCUT2D eigenvalue weighted by Gasteiger charge is -2.22. The number of carbonyl (C=O) groups is 2. The van der Waals surface area contributed by atoms with Crippen molar-refractivity contribution in [3.05, 3.63) is 23.2 Å². The van der Waals surface area contributed by atoms with Gasteiger partial charge in [-0.25, -0.2) is 0 Å². The zero-order valence-corrected chi connectivity index (χ0v) is 13.3. The minimum absolute atomic E-state index is 0.0834. The Morgan fingerprint density at radius 2 is 2.24 bits per heavy atom. The largest absolute Gasteiger partial charge is 0.326 e. The molecule has 1 aliphatic rings. The van der Waals surface area contributed by atoms with Gasteiger partial charge in [0.15, 0.2) is 0 Å². The molecule has 0 spiro atoms. The third-order valence-corrected chi connectivity index (χ3v) is 4.46. The van der Waals surface area contributed by atoms with Gasteiger partial charge in [-0.2, -0.15) is 11.8 Å². The summed E-state index contributed by atoms with van der Waals surface area (Å²) in [5.74, 6) is 1.57. The highest BCUT2D eigenvalue weighted by Crippen LogP contribution is 2.26. The van der Waals surface area contributed by atoms with E-state index in [4.69, 9.17) is 11.6 Å². The van der Waals surface area contributed by atoms with E-state index in [2.05, 4.69) is 16.0 Å². The predicted octanol–water partition coefficient (Wildman–Crippen LogP) is 2.33. The van der Waals surface area contributed by atoms with Crippen molar-refractivity contribution in [1.82, 2.24) is 5.32 Å². The molecule has 1 saturated heterocycles. The molecule has 0 aliphatic carbocycles. The van der Waals surface area contributed by atoms with Crippen molar-refractivity contribution in [2.45, 2.75) is 19.4 Å². The smallest absolute Gasteiger partial charge is 0.242 e. The minimum atomic E-state index is -0.214. The highest BCUT2D eigenvalue weighted by Gasteiger charge is 2.21. The van der Waals surface area contributed by atoms with Crippen LogP contribution in [0.1, 0.15) is 13.3 Å². The van der Waals surface area contributed by atoms with Crippen molar-refractivity contribution in [3.8, 4) is 0 Å². The lowest BCUT2D eigenvalue weighted by atomic mass is 10.2. The third-order valence-electron chi connectivity index (χ3n) is 3.07. The lowest BCUT2D eigenvalue weighted by Crippen LogP contribution is -2.46. The number of benzene rings is 1. The van der Waals surface area contributed by atoms with Gasteiger partial charge in [0, 0.05) is 30.2 Å². The van der Waals surface area contributed by atoms with Gasteiger partial charge in [0.05, 0.1) is 16.8 Å². The number of nitrogens with one attached hydrogen (secondary N) is 3. The molecule has 2 rings (SSSR count). The van der Waals surface area contributed by atoms with E-state index in [0.29, 0.717) is 22.8 Å². The standard InChI is InChI=1S/C14H18ClN3O2S/c1-2-13(19)17-9-3-4-10(15)11(7-9)18-14(20)12-8-21-6-5-16-12/h3-4,7,12,16H,2,5-6,8H2,1H3,(H,17,19)(H,18,20). The summed E-state index contributed by atoms with van der Waals surface area (Å²) >= 11 is 7.84. The van der Waals surface area contributed by atoms with Crippen LogP contribution < -0.4 is 16.0 Å². The number of anilines is 2. The molecule has 1 aromatic rings. The van der Waals surface area contributed by atoms with Crippen molar-refractivity contribution < 1.29 is 9.59 Å². The number of halogens is 1. The topological polar surface area (TPSA) is 70.2 Å². The lowest BCUT2D eigenvalue weighted by molar-refractivity contribution is -0.117. The van der Waals surface area contributed by atoms with Crippen LogP contribution in [0, 0.1) is 0 Å². The number of hydrogen-bond donors (Lipinski definition) is 3. The van der Waals surface area contributed by atoms with Crippen molar-refractivity contribution in [2.75, 3.05) is 28.7 Å². The van der Waals surface area contributed by atoms with E-state index in [0.717, 1.165) is 18.1 Å². The van der Waals surface area contributed by atoms with Crippen LogP contribution in [0.4, 0.5) is 11.4 Å². The van der Waals surface area contributed by atoms with Gasteiger partial charge in [0.2, 0.25) is 11.8 Å². The molecule has 0 saturated carbocycles. The first-order valence-electron chi connectivity index (χ1n) is 6.81. The van der Waals surface area contributed by atoms with Crippen LogP contribution in [0.3, 0.4) is 0 Å². The maximum atomic E-state index is 12.2. The Labute approximate surface area is 133 Å². The molecule has 5 nitrogen and oxygen atoms in total. The summed E-state index contributed by atoms with van der Waals surface area (Å²) in [6, 6.07) is 4.82. The Balaban J connectivity index is 2.05. The van der Waals surface area contributed by atoms with Gasteiger partial charge in [-0.15, -0.1) is 0 Å². The highest BCUT2D eigenvalue weighted by molar-refractivity contribution is 7.99. The first kappa shape index (κ1) is 16.1. The molecule has 3 N–H and O–H groups in total. The van der Waals surface area contributed by atoms with Crippen molar-refractivity contribution in [3.63, 3.8) is 0 Å². The van der Waals surface area contributed by atoms with E-state index in [1.165, 1.54) is 0 Å². The summed E-state index contributed by atoms with van der Waals surface area (Å²) < 4.78 is 0. The SMILES string of the molecule is CCC(=O)Nc1ccc(Cl)c(NC(=O)C2CSCCN2)c1. The average molecular weight is 328 g/mol. The molecule has 1 aliphatic heterocycles. The van der Waals surface area contributed by atoms with Gasteiger partial charge in [-0.05, 0) is 18.2 Å². The van der Waals surface area contributed by atoms with Crippen LogP contribution in [0.2, 0.25) is 5.02 Å². The van der Waals surface area contributed by atoms with Gasteiger partial charge < -0.3 is 16.0 Å². The van der Waals surface area contributed by atoms with Gasteiger partial charge in [0.1, 0.15) is 0 Å². The van der Waals surface area contributed by atoms with Crippen molar-refractivity contribution >= 4 is 46.6 Å². The minimum Gasteiger partial charge on any atom is -0.326 e. The number of rotatable bonds is 4. The second-order valence-electron chi connectivity index (χ2n) is 4.67. The Kier molecular flexibility index (Phi) is 5.90. The molecule has 1 fully saturated rings. The van der Waals surface area contributed by atoms with Gasteiger partial charge >= 0.3 is 0 Å². The fraction of sp³-hybridized carbons (Fsp3) is 0.429. The summed E-state index contributed by atoms with van der Waals surface area (Å²) in [5, 5.41) is 9.17. The number of amides is 2. The molecule has 114 valence electrons. The second-order valence-corrected chi connectivity index (χ2v) is 6.22. The van der Waals surface area contributed by atoms with Crippen LogP contribution in [-0.2, 0) is 9.59 Å². The normalized spacial score (nSPS) is 18.1. The molecule has 1 aromatic carbocycles. The van der Waals surface area contributed by atoms with Crippen molar-refractivity contribution in [2.24, 2.45) is 0 Å². The van der Waals surface area contributed by atoms with Crippen LogP contribution >= 0.6 is 23.4 Å². The first-order chi connectivity index (χ1) is 10.1. The van der Waals surface area contributed by atoms with E-state index >= 15 is 0 Å². The molecule has 0 bridgehead atoms. The fourth-order valence-corrected chi connectivity index (χ4v) is 3.00. The third kappa shape index (κ3) is 4.62. The first-order valence-corrected chi connectivity index (χ1v) is 8.35. The fourth-order valence-electron chi connectivity index (χ4n) is 1.90. The summed E-state index contributed by atoms with van der Waals surface area (Å²) in [6.45, 7) is 2.60. The van der Waals surface area contributed by atoms with E-state index in [-0.39, 0.29) is 17.9 Å². The van der Waals surface area contributed by atoms with E-state index < -0.39 is 0 Å². The number of thioether (sulfide) groups is 1. The summed E-state index contributed by atoms with van der Waals surface area (Å²) in [5.41, 5.74) is 1.13. The maximum Gasteiger partial charge on any atom is 0.242 e. The van der Waals surface area contributed by atoms with Crippen LogP contribution in [0.5, 0.6) is 0 Å². The van der Waals surface area contributed by atoms with Gasteiger partial charge in [-0.1, -0.05) is 18.5 Å². The van der Waals surface area contributed by atoms with E-state index in [1.807, 2.05) is 0 Å². The van der Waals surface area contributed by atoms with E-state index in [1.54, 1.807) is 36.9 Å².